The first-order valence-corrected chi connectivity index (χ1v) is 23.6. The Kier molecular flexibility index (Phi) is 14.9. The molecule has 2 aromatic heterocycles. The third kappa shape index (κ3) is 10.4. The van der Waals surface area contributed by atoms with Crippen molar-refractivity contribution in [2.45, 2.75) is 111 Å². The first kappa shape index (κ1) is 48.9. The zero-order valence-electron chi connectivity index (χ0n) is 40.3. The molecule has 4 aromatic rings. The van der Waals surface area contributed by atoms with Crippen molar-refractivity contribution in [2.24, 2.45) is 17.3 Å². The molecule has 4 atom stereocenters. The molecular weight excluding hydrogens is 851 g/mol. The van der Waals surface area contributed by atoms with Crippen LogP contribution >= 0.6 is 0 Å². The van der Waals surface area contributed by atoms with Crippen LogP contribution < -0.4 is 10.7 Å². The largest absolute Gasteiger partial charge is 0.508 e. The van der Waals surface area contributed by atoms with E-state index in [0.29, 0.717) is 57.3 Å². The number of pyridine rings is 1. The number of aromatic hydroxyl groups is 1. The Bertz CT molecular complexity index is 2520. The van der Waals surface area contributed by atoms with Crippen LogP contribution in [-0.2, 0) is 52.8 Å². The second kappa shape index (κ2) is 20.4. The van der Waals surface area contributed by atoms with Gasteiger partial charge >= 0.3 is 5.97 Å². The van der Waals surface area contributed by atoms with Gasteiger partial charge < -0.3 is 34.3 Å². The molecule has 7 rings (SSSR count). The number of carbonyl (C=O) groups excluding carboxylic acids is 5. The predicted octanol–water partition coefficient (Wildman–Crippen LogP) is 6.36. The summed E-state index contributed by atoms with van der Waals surface area (Å²) in [6.45, 7) is 17.4. The number of likely N-dealkylation sites (tertiary alicyclic amines) is 1. The topological polar surface area (TPSA) is 176 Å². The quantitative estimate of drug-likeness (QED) is 0.120. The number of fused-ring (bicyclic) bond motifs is 6. The Balaban J connectivity index is 1.29. The van der Waals surface area contributed by atoms with Crippen LogP contribution in [0.1, 0.15) is 90.2 Å². The minimum absolute atomic E-state index is 0.00293. The molecule has 67 heavy (non-hydrogen) atoms. The van der Waals surface area contributed by atoms with Crippen LogP contribution in [0, 0.1) is 17.3 Å². The summed E-state index contributed by atoms with van der Waals surface area (Å²) >= 11 is 0. The number of carbonyl (C=O) groups is 5. The van der Waals surface area contributed by atoms with E-state index in [2.05, 4.69) is 60.9 Å². The molecule has 2 aromatic carbocycles. The molecule has 4 amide bonds. The molecule has 0 spiro atoms. The molecule has 3 N–H and O–H groups in total. The molecule has 2 fully saturated rings. The van der Waals surface area contributed by atoms with E-state index in [0.717, 1.165) is 44.5 Å². The zero-order chi connectivity index (χ0) is 48.3. The van der Waals surface area contributed by atoms with Crippen LogP contribution in [-0.4, -0.2) is 118 Å². The smallest absolute Gasteiger partial charge is 0.324 e. The number of esters is 1. The van der Waals surface area contributed by atoms with Gasteiger partial charge in [-0.15, -0.1) is 0 Å². The summed E-state index contributed by atoms with van der Waals surface area (Å²) in [4.78, 5) is 77.4. The summed E-state index contributed by atoms with van der Waals surface area (Å²) in [5.41, 5.74) is 9.56. The molecule has 5 heterocycles. The van der Waals surface area contributed by atoms with Crippen LogP contribution in [0.2, 0.25) is 0 Å². The van der Waals surface area contributed by atoms with Gasteiger partial charge in [-0.05, 0) is 117 Å². The second-order valence-corrected chi connectivity index (χ2v) is 19.5. The molecule has 15 heteroatoms. The van der Waals surface area contributed by atoms with Crippen LogP contribution in [0.25, 0.3) is 33.3 Å². The Labute approximate surface area is 393 Å². The van der Waals surface area contributed by atoms with Gasteiger partial charge in [0.25, 0.3) is 5.91 Å². The summed E-state index contributed by atoms with van der Waals surface area (Å²) in [5.74, 6) is -2.56. The lowest BCUT2D eigenvalue weighted by molar-refractivity contribution is -0.155. The number of nitrogens with one attached hydrogen (secondary N) is 2. The number of nitrogens with zero attached hydrogens (tertiary/aromatic N) is 5. The van der Waals surface area contributed by atoms with Crippen molar-refractivity contribution < 1.29 is 38.6 Å². The highest BCUT2D eigenvalue weighted by atomic mass is 16.5. The van der Waals surface area contributed by atoms with Crippen molar-refractivity contribution in [3.63, 3.8) is 0 Å². The minimum Gasteiger partial charge on any atom is -0.508 e. The fraction of sp³-hybridized carbons (Fsp3) is 0.500. The Hall–Kier alpha value is -6.06. The number of aromatic nitrogens is 2. The normalized spacial score (nSPS) is 20.2. The van der Waals surface area contributed by atoms with Crippen molar-refractivity contribution in [3.05, 3.63) is 84.2 Å². The van der Waals surface area contributed by atoms with Gasteiger partial charge in [0.2, 0.25) is 17.7 Å². The van der Waals surface area contributed by atoms with Gasteiger partial charge in [-0.2, -0.15) is 0 Å². The van der Waals surface area contributed by atoms with Crippen molar-refractivity contribution >= 4 is 40.5 Å². The molecular formula is C52H67N7O8. The third-order valence-corrected chi connectivity index (χ3v) is 13.7. The van der Waals surface area contributed by atoms with E-state index in [-0.39, 0.29) is 55.1 Å². The number of aryl methyl sites for hydroxylation is 1. The minimum atomic E-state index is -1.15. The maximum Gasteiger partial charge on any atom is 0.324 e. The summed E-state index contributed by atoms with van der Waals surface area (Å²) < 4.78 is 14.2. The molecule has 0 aliphatic carbocycles. The first-order valence-electron chi connectivity index (χ1n) is 23.6. The molecule has 3 aliphatic rings. The van der Waals surface area contributed by atoms with E-state index in [1.165, 1.54) is 16.0 Å². The van der Waals surface area contributed by atoms with Gasteiger partial charge in [0.05, 0.1) is 24.1 Å². The van der Waals surface area contributed by atoms with E-state index in [4.69, 9.17) is 14.5 Å². The number of phenols is 1. The monoisotopic (exact) mass is 918 g/mol. The highest BCUT2D eigenvalue weighted by molar-refractivity contribution is 5.96. The Morgan fingerprint density at radius 2 is 1.81 bits per heavy atom. The fourth-order valence-electron chi connectivity index (χ4n) is 10.2. The summed E-state index contributed by atoms with van der Waals surface area (Å²) in [6.07, 6.45) is 5.16. The van der Waals surface area contributed by atoms with Crippen molar-refractivity contribution in [1.82, 2.24) is 35.1 Å². The number of hydrogen-bond donors (Lipinski definition) is 3. The molecule has 1 unspecified atom stereocenters. The van der Waals surface area contributed by atoms with E-state index in [1.807, 2.05) is 39.0 Å². The fourth-order valence-corrected chi connectivity index (χ4v) is 10.2. The lowest BCUT2D eigenvalue weighted by Crippen LogP contribution is -2.62. The van der Waals surface area contributed by atoms with E-state index < -0.39 is 41.3 Å². The summed E-state index contributed by atoms with van der Waals surface area (Å²) in [7, 11) is 3.28. The van der Waals surface area contributed by atoms with Crippen molar-refractivity contribution in [3.8, 4) is 28.1 Å². The van der Waals surface area contributed by atoms with Crippen LogP contribution in [0.3, 0.4) is 0 Å². The first-order chi connectivity index (χ1) is 31.9. The predicted molar refractivity (Wildman–Crippen MR) is 256 cm³/mol. The number of hydrogen-bond acceptors (Lipinski definition) is 10. The van der Waals surface area contributed by atoms with Crippen molar-refractivity contribution in [2.75, 3.05) is 40.4 Å². The summed E-state index contributed by atoms with van der Waals surface area (Å²) in [5, 5.41) is 16.7. The van der Waals surface area contributed by atoms with Crippen molar-refractivity contribution in [1.29, 1.82) is 0 Å². The maximum atomic E-state index is 14.7. The number of amides is 4. The highest BCUT2D eigenvalue weighted by Gasteiger charge is 2.39. The van der Waals surface area contributed by atoms with Gasteiger partial charge in [-0.3, -0.25) is 34.0 Å². The lowest BCUT2D eigenvalue weighted by Gasteiger charge is -2.38. The van der Waals surface area contributed by atoms with E-state index >= 15 is 0 Å². The summed E-state index contributed by atoms with van der Waals surface area (Å²) in [6, 6.07) is 12.6. The molecule has 358 valence electrons. The number of piperidine rings is 1. The second-order valence-electron chi connectivity index (χ2n) is 19.5. The van der Waals surface area contributed by atoms with Gasteiger partial charge in [-0.1, -0.05) is 46.4 Å². The van der Waals surface area contributed by atoms with Gasteiger partial charge in [0, 0.05) is 80.8 Å². The van der Waals surface area contributed by atoms with Crippen LogP contribution in [0.15, 0.2) is 67.4 Å². The average molecular weight is 918 g/mol. The van der Waals surface area contributed by atoms with Gasteiger partial charge in [0.1, 0.15) is 23.9 Å². The SMILES string of the molecule is C=CC(=O)N1CCC(C(=O)N(C)C(C(=O)N[C@H]2Cc3cc(O)cc(c3)-c3ccc4c(c3)c(c(-c3cccnc3[C@H](C)OC)n4CC)CC(C)(C)COC(=O)[C@@H]3CCCN(N3)C2=O)C(C)C)CC1. The number of benzene rings is 2. The molecule has 0 saturated carbocycles. The lowest BCUT2D eigenvalue weighted by atomic mass is 9.84. The Morgan fingerprint density at radius 3 is 2.49 bits per heavy atom. The average Bonchev–Trinajstić information content (AvgIpc) is 3.62. The number of phenolic OH excluding ortho intramolecular Hbond substituents is 1. The zero-order valence-corrected chi connectivity index (χ0v) is 40.3. The number of likely N-dealkylation sites (N-methyl/N-ethyl adjacent to an activating group) is 1. The van der Waals surface area contributed by atoms with E-state index in [1.54, 1.807) is 37.4 Å². The number of rotatable bonds is 10. The van der Waals surface area contributed by atoms with E-state index in [9.17, 15) is 29.1 Å². The molecule has 2 saturated heterocycles. The molecule has 6 bridgehead atoms. The molecule has 15 nitrogen and oxygen atoms in total. The third-order valence-electron chi connectivity index (χ3n) is 13.7. The van der Waals surface area contributed by atoms with Crippen LogP contribution in [0.5, 0.6) is 5.75 Å². The van der Waals surface area contributed by atoms with Gasteiger partial charge in [-0.25, -0.2) is 5.43 Å². The number of methoxy groups -OCH3 is 1. The van der Waals surface area contributed by atoms with Crippen LogP contribution in [0.4, 0.5) is 0 Å². The molecule has 3 aliphatic heterocycles. The number of hydrazine groups is 1. The standard InChI is InChI=1S/C52H67N7O8/c1-10-44(61)57-22-18-34(19-23-57)49(63)56(8)46(31(3)4)48(62)54-42-26-33-24-36(27-37(60)25-33)35-16-17-43-39(28-35)40(47(58(43)11-2)38-14-12-20-53-45(38)32(5)66-9)29-52(6,7)30-67-51(65)41-15-13-21-59(55-41)50(42)64/h10,12,14,16-17,20,24-25,27-28,31-32,34,41-42,46,55,60H,1,11,13,15,18-19,21-23,26,29-30H2,2-9H3,(H,54,62)/t32-,41-,42-,46?/m0/s1. The molecule has 0 radical (unpaired) electrons. The number of ether oxygens (including phenoxy) is 2. The van der Waals surface area contributed by atoms with Gasteiger partial charge in [0.15, 0.2) is 0 Å². The Morgan fingerprint density at radius 1 is 1.06 bits per heavy atom. The highest BCUT2D eigenvalue weighted by Crippen LogP contribution is 2.42. The number of cyclic esters (lactones) is 1. The maximum absolute atomic E-state index is 14.7.